The molecule has 0 aliphatic heterocycles. The molecule has 0 heterocycles. The highest BCUT2D eigenvalue weighted by molar-refractivity contribution is 6.30. The van der Waals surface area contributed by atoms with Gasteiger partial charge in [0.2, 0.25) is 0 Å². The Morgan fingerprint density at radius 3 is 2.06 bits per heavy atom. The molecule has 1 rings (SSSR count). The molecule has 0 fully saturated rings. The summed E-state index contributed by atoms with van der Waals surface area (Å²) in [6.07, 6.45) is 1.57. The topological polar surface area (TPSA) is 49.3 Å². The highest BCUT2D eigenvalue weighted by Gasteiger charge is 2.06. The molecular formula is C14H22ClNO2. The molecule has 0 aliphatic carbocycles. The third-order valence-corrected chi connectivity index (χ3v) is 2.35. The van der Waals surface area contributed by atoms with Gasteiger partial charge in [-0.05, 0) is 36.1 Å². The van der Waals surface area contributed by atoms with Crippen LogP contribution in [0, 0.1) is 5.41 Å². The molecule has 0 saturated heterocycles. The van der Waals surface area contributed by atoms with Crippen LogP contribution in [0.3, 0.4) is 0 Å². The normalized spacial score (nSPS) is 10.3. The van der Waals surface area contributed by atoms with E-state index >= 15 is 0 Å². The molecule has 0 unspecified atom stereocenters. The lowest BCUT2D eigenvalue weighted by Crippen LogP contribution is -2.06. The molecule has 18 heavy (non-hydrogen) atoms. The van der Waals surface area contributed by atoms with Crippen LogP contribution in [0.1, 0.15) is 40.5 Å². The molecule has 0 aliphatic rings. The number of carboxylic acid groups (broad SMARTS) is 1. The van der Waals surface area contributed by atoms with Gasteiger partial charge in [0.25, 0.3) is 0 Å². The van der Waals surface area contributed by atoms with Crippen molar-refractivity contribution in [2.75, 3.05) is 5.32 Å². The highest BCUT2D eigenvalue weighted by atomic mass is 35.5. The number of anilines is 1. The summed E-state index contributed by atoms with van der Waals surface area (Å²) in [7, 11) is 0. The Bertz CT molecular complexity index is 355. The zero-order valence-electron chi connectivity index (χ0n) is 11.5. The van der Waals surface area contributed by atoms with Crippen LogP contribution in [-0.4, -0.2) is 11.2 Å². The van der Waals surface area contributed by atoms with E-state index in [1.54, 1.807) is 24.3 Å². The van der Waals surface area contributed by atoms with Gasteiger partial charge in [-0.15, -0.1) is 0 Å². The van der Waals surface area contributed by atoms with Gasteiger partial charge < -0.3 is 5.11 Å². The summed E-state index contributed by atoms with van der Waals surface area (Å²) in [6, 6.07) is 6.42. The predicted octanol–water partition coefficient (Wildman–Crippen LogP) is 5.26. The van der Waals surface area contributed by atoms with Gasteiger partial charge >= 0.3 is 6.09 Å². The summed E-state index contributed by atoms with van der Waals surface area (Å²) in [6.45, 7) is 9.05. The minimum absolute atomic E-state index is 0.516. The minimum Gasteiger partial charge on any atom is -0.465 e. The van der Waals surface area contributed by atoms with E-state index in [0.717, 1.165) is 0 Å². The van der Waals surface area contributed by atoms with Crippen LogP contribution in [0.15, 0.2) is 24.3 Å². The Morgan fingerprint density at radius 2 is 1.78 bits per heavy atom. The summed E-state index contributed by atoms with van der Waals surface area (Å²) < 4.78 is 0. The Labute approximate surface area is 114 Å². The molecule has 3 nitrogen and oxygen atoms in total. The minimum atomic E-state index is -1.08. The van der Waals surface area contributed by atoms with E-state index in [4.69, 9.17) is 16.7 Å². The molecule has 0 bridgehead atoms. The van der Waals surface area contributed by atoms with Crippen LogP contribution in [0.25, 0.3) is 0 Å². The lowest BCUT2D eigenvalue weighted by Gasteiger charge is -2.15. The first-order chi connectivity index (χ1) is 8.24. The quantitative estimate of drug-likeness (QED) is 0.770. The van der Waals surface area contributed by atoms with Crippen LogP contribution in [0.5, 0.6) is 0 Å². The monoisotopic (exact) mass is 271 g/mol. The van der Waals surface area contributed by atoms with Crippen LogP contribution >= 0.6 is 11.6 Å². The molecule has 0 radical (unpaired) electrons. The number of carbonyl (C=O) groups is 1. The van der Waals surface area contributed by atoms with E-state index in [2.05, 4.69) is 33.0 Å². The van der Waals surface area contributed by atoms with Crippen LogP contribution in [0.2, 0.25) is 5.02 Å². The second-order valence-corrected chi connectivity index (χ2v) is 5.68. The number of rotatable bonds is 2. The zero-order valence-corrected chi connectivity index (χ0v) is 12.2. The Kier molecular flexibility index (Phi) is 7.44. The zero-order chi connectivity index (χ0) is 14.2. The fourth-order valence-electron chi connectivity index (χ4n) is 1.41. The predicted molar refractivity (Wildman–Crippen MR) is 77.5 cm³/mol. The van der Waals surface area contributed by atoms with E-state index < -0.39 is 6.09 Å². The molecule has 4 heteroatoms. The van der Waals surface area contributed by atoms with Crippen LogP contribution in [-0.2, 0) is 0 Å². The van der Waals surface area contributed by atoms with Crippen molar-refractivity contribution >= 4 is 23.4 Å². The maximum absolute atomic E-state index is 10.1. The van der Waals surface area contributed by atoms with E-state index in [9.17, 15) is 4.79 Å². The summed E-state index contributed by atoms with van der Waals surface area (Å²) >= 11 is 5.57. The smallest absolute Gasteiger partial charge is 0.409 e. The third-order valence-electron chi connectivity index (χ3n) is 2.10. The molecule has 0 atom stereocenters. The molecular weight excluding hydrogens is 250 g/mol. The Morgan fingerprint density at radius 1 is 1.28 bits per heavy atom. The molecule has 0 saturated carbocycles. The molecule has 1 aromatic carbocycles. The summed E-state index contributed by atoms with van der Waals surface area (Å²) in [5, 5.41) is 11.1. The Balaban J connectivity index is 0.000000360. The first kappa shape index (κ1) is 16.8. The Hall–Kier alpha value is -1.22. The van der Waals surface area contributed by atoms with Crippen molar-refractivity contribution in [2.24, 2.45) is 5.41 Å². The average Bonchev–Trinajstić information content (AvgIpc) is 2.20. The molecule has 0 aromatic heterocycles. The lowest BCUT2D eigenvalue weighted by atomic mass is 9.91. The highest BCUT2D eigenvalue weighted by Crippen LogP contribution is 2.19. The van der Waals surface area contributed by atoms with Gasteiger partial charge in [-0.3, -0.25) is 5.32 Å². The maximum Gasteiger partial charge on any atom is 0.409 e. The van der Waals surface area contributed by atoms with Crippen LogP contribution < -0.4 is 5.32 Å². The van der Waals surface area contributed by atoms with E-state index in [-0.39, 0.29) is 0 Å². The van der Waals surface area contributed by atoms with Crippen LogP contribution in [0.4, 0.5) is 10.5 Å². The number of hydrogen-bond donors (Lipinski definition) is 2. The number of nitrogens with one attached hydrogen (secondary N) is 1. The lowest BCUT2D eigenvalue weighted by molar-refractivity contribution is 0.210. The summed E-state index contributed by atoms with van der Waals surface area (Å²) in [5.74, 6) is 0. The molecule has 1 amide bonds. The molecule has 102 valence electrons. The van der Waals surface area contributed by atoms with Crippen molar-refractivity contribution in [2.45, 2.75) is 40.5 Å². The van der Waals surface area contributed by atoms with Gasteiger partial charge in [0.15, 0.2) is 0 Å². The molecule has 2 N–H and O–H groups in total. The van der Waals surface area contributed by atoms with Crippen molar-refractivity contribution in [3.05, 3.63) is 29.3 Å². The SMILES string of the molecule is CCCC(C)(C)C.O=C(O)Nc1ccc(Cl)cc1. The van der Waals surface area contributed by atoms with E-state index in [0.29, 0.717) is 16.1 Å². The third kappa shape index (κ3) is 9.97. The fraction of sp³-hybridized carbons (Fsp3) is 0.500. The van der Waals surface area contributed by atoms with Gasteiger partial charge in [-0.2, -0.15) is 0 Å². The summed E-state index contributed by atoms with van der Waals surface area (Å²) in [5.41, 5.74) is 1.07. The van der Waals surface area contributed by atoms with Crippen molar-refractivity contribution in [1.29, 1.82) is 0 Å². The van der Waals surface area contributed by atoms with Gasteiger partial charge in [0.1, 0.15) is 0 Å². The van der Waals surface area contributed by atoms with Gasteiger partial charge in [0, 0.05) is 10.7 Å². The van der Waals surface area contributed by atoms with Crippen molar-refractivity contribution in [3.8, 4) is 0 Å². The second-order valence-electron chi connectivity index (χ2n) is 5.25. The first-order valence-corrected chi connectivity index (χ1v) is 6.38. The maximum atomic E-state index is 10.1. The standard InChI is InChI=1S/C7H6ClNO2.C7H16/c8-5-1-3-6(4-2-5)9-7(10)11;1-5-6-7(2,3)4/h1-4,9H,(H,10,11);5-6H2,1-4H3. The molecule has 0 spiro atoms. The first-order valence-electron chi connectivity index (χ1n) is 6.00. The van der Waals surface area contributed by atoms with E-state index in [1.807, 2.05) is 0 Å². The van der Waals surface area contributed by atoms with Gasteiger partial charge in [-0.25, -0.2) is 4.79 Å². The van der Waals surface area contributed by atoms with Crippen molar-refractivity contribution in [1.82, 2.24) is 0 Å². The average molecular weight is 272 g/mol. The molecule has 1 aromatic rings. The fourth-order valence-corrected chi connectivity index (χ4v) is 1.53. The number of halogens is 1. The van der Waals surface area contributed by atoms with E-state index in [1.165, 1.54) is 12.8 Å². The number of hydrogen-bond acceptors (Lipinski definition) is 1. The number of amides is 1. The second kappa shape index (κ2) is 7.98. The number of benzene rings is 1. The van der Waals surface area contributed by atoms with Crippen molar-refractivity contribution < 1.29 is 9.90 Å². The van der Waals surface area contributed by atoms with Crippen molar-refractivity contribution in [3.63, 3.8) is 0 Å². The largest absolute Gasteiger partial charge is 0.465 e. The van der Waals surface area contributed by atoms with Gasteiger partial charge in [0.05, 0.1) is 0 Å². The van der Waals surface area contributed by atoms with Gasteiger partial charge in [-0.1, -0.05) is 45.7 Å². The summed E-state index contributed by atoms with van der Waals surface area (Å²) in [4.78, 5) is 10.1.